The van der Waals surface area contributed by atoms with Gasteiger partial charge < -0.3 is 5.32 Å². The molecule has 2 nitrogen and oxygen atoms in total. The molecule has 3 aliphatic rings. The predicted octanol–water partition coefficient (Wildman–Crippen LogP) is 4.82. The van der Waals surface area contributed by atoms with Crippen molar-refractivity contribution in [1.29, 1.82) is 0 Å². The molecule has 2 heteroatoms. The summed E-state index contributed by atoms with van der Waals surface area (Å²) in [7, 11) is 0. The van der Waals surface area contributed by atoms with E-state index >= 15 is 0 Å². The number of rotatable bonds is 3. The molecule has 3 fully saturated rings. The minimum Gasteiger partial charge on any atom is -0.353 e. The van der Waals surface area contributed by atoms with E-state index in [1.165, 1.54) is 77.0 Å². The molecule has 1 amide bonds. The fourth-order valence-electron chi connectivity index (χ4n) is 5.02. The zero-order chi connectivity index (χ0) is 14.5. The normalized spacial score (nSPS) is 32.8. The number of hydrogen-bond donors (Lipinski definition) is 1. The van der Waals surface area contributed by atoms with Crippen LogP contribution < -0.4 is 5.32 Å². The Morgan fingerprint density at radius 2 is 1.14 bits per heavy atom. The third kappa shape index (κ3) is 4.23. The van der Waals surface area contributed by atoms with Crippen molar-refractivity contribution in [2.45, 2.75) is 95.9 Å². The van der Waals surface area contributed by atoms with Gasteiger partial charge in [0.05, 0.1) is 0 Å². The summed E-state index contributed by atoms with van der Waals surface area (Å²) in [5, 5.41) is 3.34. The maximum absolute atomic E-state index is 12.4. The van der Waals surface area contributed by atoms with Crippen molar-refractivity contribution < 1.29 is 4.79 Å². The summed E-state index contributed by atoms with van der Waals surface area (Å²) < 4.78 is 0. The monoisotopic (exact) mass is 291 g/mol. The van der Waals surface area contributed by atoms with Gasteiger partial charge in [0.1, 0.15) is 0 Å². The summed E-state index contributed by atoms with van der Waals surface area (Å²) in [6.45, 7) is 0. The van der Waals surface area contributed by atoms with Crippen LogP contribution in [0.15, 0.2) is 0 Å². The molecule has 21 heavy (non-hydrogen) atoms. The average Bonchev–Trinajstić information content (AvgIpc) is 2.57. The Morgan fingerprint density at radius 3 is 1.76 bits per heavy atom. The van der Waals surface area contributed by atoms with Crippen LogP contribution in [-0.2, 0) is 4.79 Å². The summed E-state index contributed by atoms with van der Waals surface area (Å²) in [4.78, 5) is 12.4. The Kier molecular flexibility index (Phi) is 5.60. The lowest BCUT2D eigenvalue weighted by atomic mass is 9.71. The highest BCUT2D eigenvalue weighted by molar-refractivity contribution is 5.79. The largest absolute Gasteiger partial charge is 0.353 e. The number of hydrogen-bond acceptors (Lipinski definition) is 1. The summed E-state index contributed by atoms with van der Waals surface area (Å²) in [6, 6.07) is 0.488. The van der Waals surface area contributed by atoms with Gasteiger partial charge in [0.2, 0.25) is 5.91 Å². The third-order valence-electron chi connectivity index (χ3n) is 6.41. The lowest BCUT2D eigenvalue weighted by molar-refractivity contribution is -0.127. The van der Waals surface area contributed by atoms with E-state index < -0.39 is 0 Å². The maximum Gasteiger partial charge on any atom is 0.223 e. The lowest BCUT2D eigenvalue weighted by Gasteiger charge is -2.36. The summed E-state index contributed by atoms with van der Waals surface area (Å²) in [5.74, 6) is 2.63. The fourth-order valence-corrected chi connectivity index (χ4v) is 5.02. The number of nitrogens with one attached hydrogen (secondary N) is 1. The van der Waals surface area contributed by atoms with Crippen molar-refractivity contribution in [1.82, 2.24) is 5.32 Å². The van der Waals surface area contributed by atoms with Crippen molar-refractivity contribution in [2.75, 3.05) is 0 Å². The Balaban J connectivity index is 1.40. The Bertz CT molecular complexity index is 320. The van der Waals surface area contributed by atoms with Gasteiger partial charge in [-0.1, -0.05) is 51.4 Å². The predicted molar refractivity (Wildman–Crippen MR) is 87.0 cm³/mol. The minimum atomic E-state index is 0.326. The van der Waals surface area contributed by atoms with Gasteiger partial charge in [0.25, 0.3) is 0 Å². The molecule has 0 aliphatic heterocycles. The van der Waals surface area contributed by atoms with E-state index in [4.69, 9.17) is 0 Å². The zero-order valence-corrected chi connectivity index (χ0v) is 13.6. The van der Waals surface area contributed by atoms with Crippen molar-refractivity contribution in [3.05, 3.63) is 0 Å². The van der Waals surface area contributed by atoms with Crippen LogP contribution in [-0.4, -0.2) is 11.9 Å². The molecule has 0 spiro atoms. The van der Waals surface area contributed by atoms with E-state index in [9.17, 15) is 4.79 Å². The fraction of sp³-hybridized carbons (Fsp3) is 0.947. The van der Waals surface area contributed by atoms with E-state index in [-0.39, 0.29) is 0 Å². The molecule has 0 saturated heterocycles. The van der Waals surface area contributed by atoms with Gasteiger partial charge in [-0.2, -0.15) is 0 Å². The second-order valence-electron chi connectivity index (χ2n) is 7.85. The third-order valence-corrected chi connectivity index (χ3v) is 6.41. The first-order chi connectivity index (χ1) is 10.3. The lowest BCUT2D eigenvalue weighted by Crippen LogP contribution is -2.41. The molecule has 120 valence electrons. The number of carbonyl (C=O) groups is 1. The average molecular weight is 291 g/mol. The molecule has 0 aromatic carbocycles. The highest BCUT2D eigenvalue weighted by atomic mass is 16.1. The number of amides is 1. The van der Waals surface area contributed by atoms with Gasteiger partial charge in [-0.25, -0.2) is 0 Å². The molecule has 0 aromatic rings. The van der Waals surface area contributed by atoms with Crippen molar-refractivity contribution >= 4 is 5.91 Å². The van der Waals surface area contributed by atoms with Gasteiger partial charge in [-0.15, -0.1) is 0 Å². The van der Waals surface area contributed by atoms with Crippen molar-refractivity contribution in [3.63, 3.8) is 0 Å². The first kappa shape index (κ1) is 15.4. The summed E-state index contributed by atoms with van der Waals surface area (Å²) in [5.41, 5.74) is 0. The van der Waals surface area contributed by atoms with Crippen LogP contribution in [0.5, 0.6) is 0 Å². The van der Waals surface area contributed by atoms with Gasteiger partial charge in [0.15, 0.2) is 0 Å². The smallest absolute Gasteiger partial charge is 0.223 e. The quantitative estimate of drug-likeness (QED) is 0.793. The van der Waals surface area contributed by atoms with Crippen LogP contribution in [0.3, 0.4) is 0 Å². The van der Waals surface area contributed by atoms with Crippen LogP contribution in [0.4, 0.5) is 0 Å². The van der Waals surface area contributed by atoms with Crippen LogP contribution in [0.2, 0.25) is 0 Å². The van der Waals surface area contributed by atoms with Gasteiger partial charge in [-0.3, -0.25) is 4.79 Å². The van der Waals surface area contributed by atoms with Gasteiger partial charge >= 0.3 is 0 Å². The summed E-state index contributed by atoms with van der Waals surface area (Å²) >= 11 is 0. The highest BCUT2D eigenvalue weighted by Crippen LogP contribution is 2.40. The molecule has 0 aromatic heterocycles. The Morgan fingerprint density at radius 1 is 0.619 bits per heavy atom. The van der Waals surface area contributed by atoms with E-state index in [1.807, 2.05) is 0 Å². The molecule has 3 saturated carbocycles. The first-order valence-corrected chi connectivity index (χ1v) is 9.63. The molecule has 3 rings (SSSR count). The second kappa shape index (κ2) is 7.65. The first-order valence-electron chi connectivity index (χ1n) is 9.63. The zero-order valence-electron chi connectivity index (χ0n) is 13.6. The molecule has 0 atom stereocenters. The van der Waals surface area contributed by atoms with E-state index in [1.54, 1.807) is 0 Å². The van der Waals surface area contributed by atoms with Crippen molar-refractivity contribution in [2.24, 2.45) is 17.8 Å². The van der Waals surface area contributed by atoms with Crippen LogP contribution in [0.25, 0.3) is 0 Å². The molecule has 0 heterocycles. The molecule has 0 radical (unpaired) electrons. The second-order valence-corrected chi connectivity index (χ2v) is 7.85. The highest BCUT2D eigenvalue weighted by Gasteiger charge is 2.31. The standard InChI is InChI=1S/C19H33NO/c21-19(20-18-9-5-2-6-10-18)17-13-11-16(12-14-17)15-7-3-1-4-8-15/h15-18H,1-14H2,(H,20,21). The van der Waals surface area contributed by atoms with Crippen LogP contribution in [0.1, 0.15) is 89.9 Å². The molecule has 1 N–H and O–H groups in total. The van der Waals surface area contributed by atoms with Gasteiger partial charge in [0, 0.05) is 12.0 Å². The Labute approximate surface area is 130 Å². The maximum atomic E-state index is 12.4. The molecule has 0 bridgehead atoms. The van der Waals surface area contributed by atoms with Gasteiger partial charge in [-0.05, 0) is 50.4 Å². The number of carbonyl (C=O) groups excluding carboxylic acids is 1. The minimum absolute atomic E-state index is 0.326. The van der Waals surface area contributed by atoms with E-state index in [0.29, 0.717) is 17.9 Å². The molecule has 3 aliphatic carbocycles. The van der Waals surface area contributed by atoms with Crippen LogP contribution >= 0.6 is 0 Å². The molecule has 0 unspecified atom stereocenters. The SMILES string of the molecule is O=C(NC1CCCCC1)C1CCC(C2CCCCC2)CC1. The van der Waals surface area contributed by atoms with Crippen LogP contribution in [0, 0.1) is 17.8 Å². The van der Waals surface area contributed by atoms with E-state index in [2.05, 4.69) is 5.32 Å². The topological polar surface area (TPSA) is 29.1 Å². The van der Waals surface area contributed by atoms with E-state index in [0.717, 1.165) is 24.7 Å². The summed E-state index contributed by atoms with van der Waals surface area (Å²) in [6.07, 6.45) is 18.6. The Hall–Kier alpha value is -0.530. The van der Waals surface area contributed by atoms with Crippen molar-refractivity contribution in [3.8, 4) is 0 Å². The molecular weight excluding hydrogens is 258 g/mol. The molecular formula is C19H33NO.